The zero-order valence-corrected chi connectivity index (χ0v) is 20.1. The van der Waals surface area contributed by atoms with E-state index in [0.717, 1.165) is 44.0 Å². The van der Waals surface area contributed by atoms with E-state index in [0.29, 0.717) is 22.9 Å². The quantitative estimate of drug-likeness (QED) is 0.279. The smallest absolute Gasteiger partial charge is 0.228 e. The average molecular weight is 493 g/mol. The molecule has 8 rings (SSSR count). The number of hydrogen-bond acceptors (Lipinski definition) is 5. The summed E-state index contributed by atoms with van der Waals surface area (Å²) < 4.78 is 8.08. The highest BCUT2D eigenvalue weighted by Crippen LogP contribution is 2.50. The molecular weight excluding hydrogens is 472 g/mol. The molecule has 5 aromatic carbocycles. The van der Waals surface area contributed by atoms with Gasteiger partial charge in [-0.1, -0.05) is 84.9 Å². The number of benzene rings is 5. The van der Waals surface area contributed by atoms with Gasteiger partial charge in [-0.25, -0.2) is 14.5 Å². The van der Waals surface area contributed by atoms with Gasteiger partial charge in [0.2, 0.25) is 5.88 Å². The van der Waals surface area contributed by atoms with E-state index in [9.17, 15) is 5.11 Å². The second-order valence-corrected chi connectivity index (χ2v) is 9.53. The maximum Gasteiger partial charge on any atom is 0.228 e. The molecule has 6 heteroatoms. The van der Waals surface area contributed by atoms with Gasteiger partial charge in [-0.3, -0.25) is 0 Å². The molecule has 1 N–H and O–H groups in total. The fourth-order valence-electron chi connectivity index (χ4n) is 5.60. The lowest BCUT2D eigenvalue weighted by Gasteiger charge is -2.29. The Hall–Kier alpha value is -5.23. The number of hydrogen-bond donors (Lipinski definition) is 1. The third-order valence-electron chi connectivity index (χ3n) is 7.34. The van der Waals surface area contributed by atoms with Gasteiger partial charge in [0.05, 0.1) is 11.1 Å². The Kier molecular flexibility index (Phi) is 4.34. The number of phenols is 1. The van der Waals surface area contributed by atoms with Crippen LogP contribution in [0.2, 0.25) is 0 Å². The summed E-state index contributed by atoms with van der Waals surface area (Å²) in [5.41, 5.74) is 4.25. The highest BCUT2D eigenvalue weighted by molar-refractivity contribution is 5.92. The van der Waals surface area contributed by atoms with Gasteiger partial charge in [0, 0.05) is 11.5 Å². The van der Waals surface area contributed by atoms with Crippen molar-refractivity contribution >= 4 is 27.2 Å². The third-order valence-corrected chi connectivity index (χ3v) is 7.34. The van der Waals surface area contributed by atoms with Gasteiger partial charge >= 0.3 is 0 Å². The van der Waals surface area contributed by atoms with E-state index in [1.54, 1.807) is 16.9 Å². The zero-order valence-electron chi connectivity index (χ0n) is 20.1. The number of fused-ring (bicyclic) bond motifs is 7. The predicted octanol–water partition coefficient (Wildman–Crippen LogP) is 7.09. The van der Waals surface area contributed by atoms with Crippen molar-refractivity contribution in [1.82, 2.24) is 19.6 Å². The van der Waals surface area contributed by atoms with Crippen LogP contribution in [0.3, 0.4) is 0 Å². The second-order valence-electron chi connectivity index (χ2n) is 9.53. The summed E-state index contributed by atoms with van der Waals surface area (Å²) in [6.45, 7) is 0. The van der Waals surface area contributed by atoms with Crippen LogP contribution in [-0.2, 0) is 0 Å². The normalized spacial score (nSPS) is 14.4. The SMILES string of the molecule is Oc1cc2ccccc2cc1-c1nc2c3c(ncn2n1)Oc1ccc2ccccc2c1C3c1ccccc1. The number of aromatic nitrogens is 4. The van der Waals surface area contributed by atoms with Gasteiger partial charge in [-0.2, -0.15) is 0 Å². The van der Waals surface area contributed by atoms with E-state index in [2.05, 4.69) is 41.4 Å². The summed E-state index contributed by atoms with van der Waals surface area (Å²) in [7, 11) is 0. The van der Waals surface area contributed by atoms with Crippen molar-refractivity contribution in [3.63, 3.8) is 0 Å². The summed E-state index contributed by atoms with van der Waals surface area (Å²) in [6, 6.07) is 34.4. The minimum atomic E-state index is -0.167. The first-order valence-corrected chi connectivity index (χ1v) is 12.5. The van der Waals surface area contributed by atoms with E-state index >= 15 is 0 Å². The van der Waals surface area contributed by atoms with Gasteiger partial charge < -0.3 is 9.84 Å². The van der Waals surface area contributed by atoms with Gasteiger partial charge in [0.25, 0.3) is 0 Å². The van der Waals surface area contributed by atoms with Crippen molar-refractivity contribution in [3.05, 3.63) is 126 Å². The highest BCUT2D eigenvalue weighted by Gasteiger charge is 2.34. The largest absolute Gasteiger partial charge is 0.507 e. The maximum absolute atomic E-state index is 10.9. The summed E-state index contributed by atoms with van der Waals surface area (Å²) in [4.78, 5) is 9.62. The van der Waals surface area contributed by atoms with Gasteiger partial charge in [-0.05, 0) is 45.3 Å². The van der Waals surface area contributed by atoms with Crippen molar-refractivity contribution in [1.29, 1.82) is 0 Å². The molecule has 0 saturated heterocycles. The molecular formula is C32H20N4O2. The molecule has 1 aliphatic heterocycles. The van der Waals surface area contributed by atoms with Crippen LogP contribution in [0, 0.1) is 0 Å². The Labute approximate surface area is 217 Å². The summed E-state index contributed by atoms with van der Waals surface area (Å²) in [5, 5.41) is 19.8. The van der Waals surface area contributed by atoms with E-state index in [1.807, 2.05) is 60.7 Å². The molecule has 7 aromatic rings. The van der Waals surface area contributed by atoms with E-state index in [1.165, 1.54) is 0 Å². The summed E-state index contributed by atoms with van der Waals surface area (Å²) >= 11 is 0. The lowest BCUT2D eigenvalue weighted by atomic mass is 9.81. The molecule has 0 spiro atoms. The first kappa shape index (κ1) is 20.9. The number of phenolic OH excluding ortho intramolecular Hbond substituents is 1. The van der Waals surface area contributed by atoms with Gasteiger partial charge in [0.1, 0.15) is 17.8 Å². The topological polar surface area (TPSA) is 72.5 Å². The van der Waals surface area contributed by atoms with Crippen molar-refractivity contribution in [2.45, 2.75) is 5.92 Å². The van der Waals surface area contributed by atoms with Gasteiger partial charge in [0.15, 0.2) is 11.5 Å². The van der Waals surface area contributed by atoms with Crippen LogP contribution in [-0.4, -0.2) is 24.7 Å². The number of ether oxygens (including phenoxy) is 1. The lowest BCUT2D eigenvalue weighted by Crippen LogP contribution is -2.15. The van der Waals surface area contributed by atoms with E-state index in [-0.39, 0.29) is 11.7 Å². The van der Waals surface area contributed by atoms with Crippen molar-refractivity contribution in [2.75, 3.05) is 0 Å². The minimum Gasteiger partial charge on any atom is -0.507 e. The molecule has 3 heterocycles. The molecule has 1 atom stereocenters. The van der Waals surface area contributed by atoms with Crippen LogP contribution in [0.4, 0.5) is 0 Å². The molecule has 1 unspecified atom stereocenters. The molecule has 2 aromatic heterocycles. The second kappa shape index (κ2) is 7.88. The lowest BCUT2D eigenvalue weighted by molar-refractivity contribution is 0.433. The third kappa shape index (κ3) is 3.04. The Morgan fingerprint density at radius 1 is 0.737 bits per heavy atom. The molecule has 0 radical (unpaired) electrons. The first-order valence-electron chi connectivity index (χ1n) is 12.5. The Morgan fingerprint density at radius 2 is 1.47 bits per heavy atom. The number of nitrogens with zero attached hydrogens (tertiary/aromatic N) is 4. The van der Waals surface area contributed by atoms with Crippen LogP contribution in [0.5, 0.6) is 17.4 Å². The summed E-state index contributed by atoms with van der Waals surface area (Å²) in [6.07, 6.45) is 1.62. The average Bonchev–Trinajstić information content (AvgIpc) is 3.40. The van der Waals surface area contributed by atoms with Crippen LogP contribution in [0.1, 0.15) is 22.6 Å². The molecule has 0 amide bonds. The fourth-order valence-corrected chi connectivity index (χ4v) is 5.60. The number of aromatic hydroxyl groups is 1. The Balaban J connectivity index is 1.41. The van der Waals surface area contributed by atoms with Crippen molar-refractivity contribution in [3.8, 4) is 28.8 Å². The molecule has 6 nitrogen and oxygen atoms in total. The molecule has 0 bridgehead atoms. The molecule has 0 aliphatic carbocycles. The van der Waals surface area contributed by atoms with Crippen LogP contribution in [0.25, 0.3) is 38.6 Å². The minimum absolute atomic E-state index is 0.133. The van der Waals surface area contributed by atoms with Crippen LogP contribution >= 0.6 is 0 Å². The zero-order chi connectivity index (χ0) is 25.2. The molecule has 180 valence electrons. The molecule has 1 aliphatic rings. The van der Waals surface area contributed by atoms with Crippen LogP contribution in [0.15, 0.2) is 109 Å². The standard InChI is InChI=1S/C32H20N4O2/c37-25-17-22-12-5-4-11-21(22)16-24(25)30-34-31-29-27(20-9-2-1-3-10-20)28-23-13-7-6-8-19(23)14-15-26(28)38-32(29)33-18-36(31)35-30/h1-18,27,37H. The summed E-state index contributed by atoms with van der Waals surface area (Å²) in [5.74, 6) is 1.69. The predicted molar refractivity (Wildman–Crippen MR) is 147 cm³/mol. The fraction of sp³-hybridized carbons (Fsp3) is 0.0312. The Morgan fingerprint density at radius 3 is 2.32 bits per heavy atom. The number of rotatable bonds is 2. The first-order chi connectivity index (χ1) is 18.7. The molecule has 38 heavy (non-hydrogen) atoms. The van der Waals surface area contributed by atoms with Crippen LogP contribution < -0.4 is 4.74 Å². The van der Waals surface area contributed by atoms with Crippen molar-refractivity contribution < 1.29 is 9.84 Å². The Bertz CT molecular complexity index is 2030. The molecule has 0 saturated carbocycles. The van der Waals surface area contributed by atoms with Crippen molar-refractivity contribution in [2.24, 2.45) is 0 Å². The van der Waals surface area contributed by atoms with Gasteiger partial charge in [-0.15, -0.1) is 5.10 Å². The molecule has 0 fully saturated rings. The van der Waals surface area contributed by atoms with E-state index in [4.69, 9.17) is 14.8 Å². The monoisotopic (exact) mass is 492 g/mol. The van der Waals surface area contributed by atoms with E-state index < -0.39 is 0 Å². The highest BCUT2D eigenvalue weighted by atomic mass is 16.5. The maximum atomic E-state index is 10.9.